The Balaban J connectivity index is 1.94. The zero-order valence-electron chi connectivity index (χ0n) is 15.2. The number of amides is 1. The van der Waals surface area contributed by atoms with Crippen LogP contribution in [0.25, 0.3) is 0 Å². The minimum absolute atomic E-state index is 0.220. The monoisotopic (exact) mass is 362 g/mol. The zero-order chi connectivity index (χ0) is 19.4. The van der Waals surface area contributed by atoms with E-state index in [1.807, 2.05) is 0 Å². The van der Waals surface area contributed by atoms with E-state index in [1.54, 1.807) is 39.8 Å². The molecule has 2 atom stereocenters. The predicted molar refractivity (Wildman–Crippen MR) is 94.1 cm³/mol. The fourth-order valence-corrected chi connectivity index (χ4v) is 2.92. The summed E-state index contributed by atoms with van der Waals surface area (Å²) in [6.45, 7) is 6.39. The molecule has 0 aliphatic carbocycles. The van der Waals surface area contributed by atoms with Gasteiger partial charge in [0.2, 0.25) is 0 Å². The Morgan fingerprint density at radius 1 is 1.23 bits per heavy atom. The number of aliphatic hydroxyl groups excluding tert-OH is 1. The van der Waals surface area contributed by atoms with Crippen molar-refractivity contribution in [2.24, 2.45) is 0 Å². The normalized spacial score (nSPS) is 13.2. The number of rotatable bonds is 6. The molecule has 26 heavy (non-hydrogen) atoms. The van der Waals surface area contributed by atoms with Gasteiger partial charge in [-0.05, 0) is 51.0 Å². The van der Waals surface area contributed by atoms with Gasteiger partial charge < -0.3 is 20.1 Å². The van der Waals surface area contributed by atoms with Crippen molar-refractivity contribution in [3.63, 3.8) is 0 Å². The quantitative estimate of drug-likeness (QED) is 0.689. The summed E-state index contributed by atoms with van der Waals surface area (Å²) in [6, 6.07) is 5.43. The number of aromatic amines is 1. The van der Waals surface area contributed by atoms with E-state index < -0.39 is 24.6 Å². The summed E-state index contributed by atoms with van der Waals surface area (Å²) in [7, 11) is 0. The highest BCUT2D eigenvalue weighted by Crippen LogP contribution is 2.24. The van der Waals surface area contributed by atoms with Crippen molar-refractivity contribution in [3.8, 4) is 0 Å². The Bertz CT molecular complexity index is 797. The second kappa shape index (κ2) is 8.14. The van der Waals surface area contributed by atoms with Gasteiger partial charge in [-0.3, -0.25) is 4.79 Å². The first-order valence-electron chi connectivity index (χ1n) is 8.29. The second-order valence-electron chi connectivity index (χ2n) is 6.26. The zero-order valence-corrected chi connectivity index (χ0v) is 15.2. The van der Waals surface area contributed by atoms with Gasteiger partial charge in [-0.25, -0.2) is 9.18 Å². The van der Waals surface area contributed by atoms with Crippen molar-refractivity contribution < 1.29 is 23.8 Å². The Labute approximate surface area is 151 Å². The number of aryl methyl sites for hydroxylation is 1. The van der Waals surface area contributed by atoms with Crippen molar-refractivity contribution in [3.05, 3.63) is 58.2 Å². The molecule has 2 aromatic rings. The fourth-order valence-electron chi connectivity index (χ4n) is 2.92. The van der Waals surface area contributed by atoms with Crippen molar-refractivity contribution in [1.82, 2.24) is 10.3 Å². The van der Waals surface area contributed by atoms with Crippen molar-refractivity contribution in [1.29, 1.82) is 0 Å². The molecule has 3 N–H and O–H groups in total. The van der Waals surface area contributed by atoms with Crippen LogP contribution in [0.1, 0.15) is 58.9 Å². The molecule has 0 saturated heterocycles. The molecule has 6 nitrogen and oxygen atoms in total. The summed E-state index contributed by atoms with van der Waals surface area (Å²) in [5.41, 5.74) is 2.88. The van der Waals surface area contributed by atoms with E-state index in [9.17, 15) is 19.1 Å². The van der Waals surface area contributed by atoms with Crippen molar-refractivity contribution in [2.45, 2.75) is 39.8 Å². The summed E-state index contributed by atoms with van der Waals surface area (Å²) >= 11 is 0. The second-order valence-corrected chi connectivity index (χ2v) is 6.26. The number of nitrogens with one attached hydrogen (secondary N) is 2. The molecule has 0 aliphatic rings. The molecule has 0 spiro atoms. The predicted octanol–water partition coefficient (Wildman–Crippen LogP) is 2.86. The van der Waals surface area contributed by atoms with Crippen molar-refractivity contribution >= 4 is 11.9 Å². The highest BCUT2D eigenvalue weighted by atomic mass is 19.1. The van der Waals surface area contributed by atoms with Crippen LogP contribution in [0.3, 0.4) is 0 Å². The van der Waals surface area contributed by atoms with E-state index in [-0.39, 0.29) is 17.6 Å². The molecule has 1 aromatic heterocycles. The lowest BCUT2D eigenvalue weighted by Crippen LogP contribution is -2.31. The van der Waals surface area contributed by atoms with Crippen LogP contribution >= 0.6 is 0 Å². The minimum Gasteiger partial charge on any atom is -0.451 e. The third-order valence-electron chi connectivity index (χ3n) is 4.20. The number of hydrogen-bond donors (Lipinski definition) is 3. The molecular weight excluding hydrogens is 339 g/mol. The number of aliphatic hydroxyl groups is 1. The summed E-state index contributed by atoms with van der Waals surface area (Å²) in [5, 5.41) is 12.4. The van der Waals surface area contributed by atoms with Crippen LogP contribution in [0.2, 0.25) is 0 Å². The van der Waals surface area contributed by atoms with E-state index in [2.05, 4.69) is 10.3 Å². The average molecular weight is 362 g/mol. The van der Waals surface area contributed by atoms with Crippen LogP contribution in [-0.2, 0) is 9.53 Å². The van der Waals surface area contributed by atoms with Gasteiger partial charge in [-0.15, -0.1) is 0 Å². The molecule has 2 rings (SSSR count). The van der Waals surface area contributed by atoms with E-state index in [4.69, 9.17) is 4.74 Å². The van der Waals surface area contributed by atoms with Crippen LogP contribution in [-0.4, -0.2) is 28.6 Å². The molecule has 1 amide bonds. The van der Waals surface area contributed by atoms with Gasteiger partial charge in [-0.2, -0.15) is 0 Å². The van der Waals surface area contributed by atoms with E-state index in [1.165, 1.54) is 12.1 Å². The molecule has 0 bridgehead atoms. The molecule has 140 valence electrons. The van der Waals surface area contributed by atoms with Crippen molar-refractivity contribution in [2.75, 3.05) is 6.61 Å². The maximum atomic E-state index is 12.9. The number of aromatic nitrogens is 1. The summed E-state index contributed by atoms with van der Waals surface area (Å²) in [4.78, 5) is 27.1. The van der Waals surface area contributed by atoms with Gasteiger partial charge in [0.05, 0.1) is 12.1 Å². The molecule has 0 saturated carbocycles. The topological polar surface area (TPSA) is 91.4 Å². The van der Waals surface area contributed by atoms with Crippen LogP contribution in [0.15, 0.2) is 24.3 Å². The largest absolute Gasteiger partial charge is 0.451 e. The number of halogens is 1. The fraction of sp³-hybridized carbons (Fsp3) is 0.368. The first kappa shape index (κ1) is 19.7. The number of ether oxygens (including phenoxy) is 1. The maximum absolute atomic E-state index is 12.9. The lowest BCUT2D eigenvalue weighted by atomic mass is 10.1. The number of carbonyl (C=O) groups is 2. The number of carbonyl (C=O) groups excluding carboxylic acids is 2. The van der Waals surface area contributed by atoms with Crippen LogP contribution < -0.4 is 5.32 Å². The highest BCUT2D eigenvalue weighted by molar-refractivity contribution is 5.91. The highest BCUT2D eigenvalue weighted by Gasteiger charge is 2.21. The van der Waals surface area contributed by atoms with Gasteiger partial charge in [0.1, 0.15) is 11.5 Å². The van der Waals surface area contributed by atoms with E-state index in [0.717, 1.165) is 5.56 Å². The van der Waals surface area contributed by atoms with Gasteiger partial charge >= 0.3 is 5.97 Å². The number of H-pyrrole nitrogens is 1. The molecule has 1 heterocycles. The van der Waals surface area contributed by atoms with Crippen LogP contribution in [0.4, 0.5) is 4.39 Å². The number of hydrogen-bond acceptors (Lipinski definition) is 4. The number of benzene rings is 1. The standard InChI is InChI=1S/C19H23FN2O4/c1-10-17(13(4)23)12(3)22-18(10)19(25)26-9-16(24)21-11(2)14-5-7-15(20)8-6-14/h5-8,11,13,22-23H,9H2,1-4H3,(H,21,24)/t11-,13+/m0/s1. The first-order chi connectivity index (χ1) is 12.2. The molecule has 1 aromatic carbocycles. The maximum Gasteiger partial charge on any atom is 0.355 e. The Morgan fingerprint density at radius 2 is 1.85 bits per heavy atom. The first-order valence-corrected chi connectivity index (χ1v) is 8.29. The summed E-state index contributed by atoms with van der Waals surface area (Å²) < 4.78 is 18.0. The summed E-state index contributed by atoms with van der Waals surface area (Å²) in [6.07, 6.45) is -0.715. The average Bonchev–Trinajstić information content (AvgIpc) is 2.87. The molecule has 0 aliphatic heterocycles. The third kappa shape index (κ3) is 4.49. The SMILES string of the molecule is Cc1[nH]c(C(=O)OCC(=O)N[C@@H](C)c2ccc(F)cc2)c(C)c1[C@@H](C)O. The van der Waals surface area contributed by atoms with Gasteiger partial charge in [-0.1, -0.05) is 12.1 Å². The van der Waals surface area contributed by atoms with E-state index in [0.29, 0.717) is 16.8 Å². The van der Waals surface area contributed by atoms with Gasteiger partial charge in [0, 0.05) is 11.3 Å². The Morgan fingerprint density at radius 3 is 2.38 bits per heavy atom. The van der Waals surface area contributed by atoms with Crippen LogP contribution in [0.5, 0.6) is 0 Å². The molecule has 0 unspecified atom stereocenters. The Hall–Kier alpha value is -2.67. The summed E-state index contributed by atoms with van der Waals surface area (Å²) in [5.74, 6) is -1.48. The smallest absolute Gasteiger partial charge is 0.355 e. The molecular formula is C19H23FN2O4. The molecule has 7 heteroatoms. The third-order valence-corrected chi connectivity index (χ3v) is 4.20. The van der Waals surface area contributed by atoms with Gasteiger partial charge in [0.15, 0.2) is 6.61 Å². The lowest BCUT2D eigenvalue weighted by molar-refractivity contribution is -0.124. The molecule has 0 radical (unpaired) electrons. The number of esters is 1. The lowest BCUT2D eigenvalue weighted by Gasteiger charge is -2.14. The van der Waals surface area contributed by atoms with E-state index >= 15 is 0 Å². The van der Waals surface area contributed by atoms with Crippen LogP contribution in [0, 0.1) is 19.7 Å². The Kier molecular flexibility index (Phi) is 6.15. The molecule has 0 fully saturated rings. The van der Waals surface area contributed by atoms with Gasteiger partial charge in [0.25, 0.3) is 5.91 Å². The minimum atomic E-state index is -0.715.